The summed E-state index contributed by atoms with van der Waals surface area (Å²) < 4.78 is 6.26. The van der Waals surface area contributed by atoms with Gasteiger partial charge in [0.1, 0.15) is 6.07 Å². The normalized spacial score (nSPS) is 37.5. The molecule has 0 aromatic rings. The number of hydrogen-bond donors (Lipinski definition) is 0. The van der Waals surface area contributed by atoms with E-state index in [2.05, 4.69) is 26.8 Å². The van der Waals surface area contributed by atoms with Crippen molar-refractivity contribution in [3.05, 3.63) is 11.6 Å². The Morgan fingerprint density at radius 2 is 2.05 bits per heavy atom. The van der Waals surface area contributed by atoms with Crippen LogP contribution in [-0.4, -0.2) is 18.0 Å². The van der Waals surface area contributed by atoms with Crippen molar-refractivity contribution in [3.8, 4) is 6.07 Å². The van der Waals surface area contributed by atoms with Gasteiger partial charge in [0.2, 0.25) is 0 Å². The molecule has 19 heavy (non-hydrogen) atoms. The van der Waals surface area contributed by atoms with Crippen molar-refractivity contribution >= 4 is 5.78 Å². The molecule has 0 aromatic heterocycles. The van der Waals surface area contributed by atoms with E-state index < -0.39 is 5.41 Å². The zero-order valence-corrected chi connectivity index (χ0v) is 12.5. The minimum absolute atomic E-state index is 0.0816. The smallest absolute Gasteiger partial charge is 0.181 e. The summed E-state index contributed by atoms with van der Waals surface area (Å²) in [6.45, 7) is 10.2. The minimum Gasteiger partial charge on any atom is -0.373 e. The molecule has 3 heteroatoms. The first kappa shape index (κ1) is 14.3. The third-order valence-corrected chi connectivity index (χ3v) is 4.70. The van der Waals surface area contributed by atoms with Crippen molar-refractivity contribution in [2.24, 2.45) is 16.7 Å². The van der Waals surface area contributed by atoms with E-state index in [1.807, 2.05) is 19.9 Å². The Hall–Kier alpha value is -1.14. The van der Waals surface area contributed by atoms with Crippen LogP contribution in [-0.2, 0) is 9.53 Å². The van der Waals surface area contributed by atoms with Gasteiger partial charge in [-0.25, -0.2) is 0 Å². The first-order valence-corrected chi connectivity index (χ1v) is 7.05. The first-order chi connectivity index (χ1) is 8.72. The molecule has 0 radical (unpaired) electrons. The average Bonchev–Trinajstić information content (AvgIpc) is 2.33. The van der Waals surface area contributed by atoms with Crippen LogP contribution in [0.5, 0.6) is 0 Å². The number of fused-ring (bicyclic) bond motifs is 1. The Morgan fingerprint density at radius 3 is 2.58 bits per heavy atom. The molecule has 3 nitrogen and oxygen atoms in total. The fourth-order valence-corrected chi connectivity index (χ4v) is 3.56. The SMILES string of the molecule is CC(C)[C@H]1CC[C@@]2(C)C=C(C#N)C(=O)C(C)(C)[C@@H]2O1. The van der Waals surface area contributed by atoms with Crippen molar-refractivity contribution < 1.29 is 9.53 Å². The monoisotopic (exact) mass is 261 g/mol. The molecule has 1 heterocycles. The standard InChI is InChI=1S/C16H23NO2/c1-10(2)12-6-7-16(5)8-11(9-17)13(18)15(3,4)14(16)19-12/h8,10,12,14H,6-7H2,1-5H3/t12-,14+,16+/m1/s1. The lowest BCUT2D eigenvalue weighted by molar-refractivity contribution is -0.178. The van der Waals surface area contributed by atoms with Gasteiger partial charge in [-0.1, -0.05) is 26.8 Å². The van der Waals surface area contributed by atoms with E-state index in [1.54, 1.807) is 0 Å². The van der Waals surface area contributed by atoms with E-state index in [1.165, 1.54) is 0 Å². The highest BCUT2D eigenvalue weighted by atomic mass is 16.5. The molecular weight excluding hydrogens is 238 g/mol. The van der Waals surface area contributed by atoms with Crippen LogP contribution in [0.3, 0.4) is 0 Å². The van der Waals surface area contributed by atoms with Crippen molar-refractivity contribution in [1.29, 1.82) is 5.26 Å². The predicted molar refractivity (Wildman–Crippen MR) is 73.3 cm³/mol. The zero-order chi connectivity index (χ0) is 14.4. The van der Waals surface area contributed by atoms with Gasteiger partial charge in [0, 0.05) is 5.41 Å². The molecule has 2 rings (SSSR count). The molecule has 104 valence electrons. The van der Waals surface area contributed by atoms with Crippen LogP contribution in [0.15, 0.2) is 11.6 Å². The van der Waals surface area contributed by atoms with E-state index in [4.69, 9.17) is 10.00 Å². The van der Waals surface area contributed by atoms with Crippen LogP contribution in [0, 0.1) is 28.1 Å². The highest BCUT2D eigenvalue weighted by Gasteiger charge is 2.54. The summed E-state index contributed by atoms with van der Waals surface area (Å²) in [5.74, 6) is 0.374. The highest BCUT2D eigenvalue weighted by molar-refractivity contribution is 6.04. The molecule has 0 amide bonds. The van der Waals surface area contributed by atoms with Gasteiger partial charge in [0.05, 0.1) is 23.2 Å². The number of nitriles is 1. The summed E-state index contributed by atoms with van der Waals surface area (Å²) in [7, 11) is 0. The Kier molecular flexibility index (Phi) is 3.35. The van der Waals surface area contributed by atoms with Crippen molar-refractivity contribution in [2.75, 3.05) is 0 Å². The third-order valence-electron chi connectivity index (χ3n) is 4.70. The summed E-state index contributed by atoms with van der Waals surface area (Å²) in [4.78, 5) is 12.4. The molecule has 2 aliphatic rings. The van der Waals surface area contributed by atoms with Gasteiger partial charge in [-0.2, -0.15) is 5.26 Å². The van der Waals surface area contributed by atoms with Gasteiger partial charge < -0.3 is 4.74 Å². The molecule has 1 aliphatic heterocycles. The maximum Gasteiger partial charge on any atom is 0.181 e. The van der Waals surface area contributed by atoms with Crippen LogP contribution in [0.1, 0.15) is 47.5 Å². The summed E-state index contributed by atoms with van der Waals surface area (Å²) in [5.41, 5.74) is -0.522. The lowest BCUT2D eigenvalue weighted by Gasteiger charge is -2.52. The topological polar surface area (TPSA) is 50.1 Å². The summed E-state index contributed by atoms with van der Waals surface area (Å²) >= 11 is 0. The fraction of sp³-hybridized carbons (Fsp3) is 0.750. The van der Waals surface area contributed by atoms with Gasteiger partial charge in [-0.05, 0) is 32.6 Å². The second-order valence-electron chi connectivity index (χ2n) is 7.06. The molecular formula is C16H23NO2. The number of carbonyl (C=O) groups is 1. The lowest BCUT2D eigenvalue weighted by atomic mass is 9.59. The maximum atomic E-state index is 12.4. The van der Waals surface area contributed by atoms with Gasteiger partial charge in [0.25, 0.3) is 0 Å². The number of nitrogens with zero attached hydrogens (tertiary/aromatic N) is 1. The van der Waals surface area contributed by atoms with Gasteiger partial charge in [-0.3, -0.25) is 4.79 Å². The number of allylic oxidation sites excluding steroid dienone is 1. The van der Waals surface area contributed by atoms with Gasteiger partial charge in [-0.15, -0.1) is 0 Å². The van der Waals surface area contributed by atoms with Crippen molar-refractivity contribution in [2.45, 2.75) is 59.7 Å². The zero-order valence-electron chi connectivity index (χ0n) is 12.5. The number of carbonyl (C=O) groups excluding carboxylic acids is 1. The third kappa shape index (κ3) is 2.12. The molecule has 1 fully saturated rings. The van der Waals surface area contributed by atoms with E-state index in [-0.39, 0.29) is 23.4 Å². The molecule has 0 spiro atoms. The number of ketones is 1. The Morgan fingerprint density at radius 1 is 1.42 bits per heavy atom. The molecule has 0 saturated carbocycles. The maximum absolute atomic E-state index is 12.4. The number of rotatable bonds is 1. The van der Waals surface area contributed by atoms with Crippen molar-refractivity contribution in [3.63, 3.8) is 0 Å². The second-order valence-corrected chi connectivity index (χ2v) is 7.06. The quantitative estimate of drug-likeness (QED) is 0.728. The summed E-state index contributed by atoms with van der Waals surface area (Å²) in [6.07, 6.45) is 3.89. The van der Waals surface area contributed by atoms with Crippen LogP contribution in [0.25, 0.3) is 0 Å². The van der Waals surface area contributed by atoms with Crippen LogP contribution < -0.4 is 0 Å². The number of hydrogen-bond acceptors (Lipinski definition) is 3. The largest absolute Gasteiger partial charge is 0.373 e. The van der Waals surface area contributed by atoms with E-state index in [0.717, 1.165) is 12.8 Å². The lowest BCUT2D eigenvalue weighted by Crippen LogP contribution is -2.56. The van der Waals surface area contributed by atoms with E-state index >= 15 is 0 Å². The molecule has 0 N–H and O–H groups in total. The number of ether oxygens (including phenoxy) is 1. The predicted octanol–water partition coefficient (Wildman–Crippen LogP) is 3.26. The Labute approximate surface area is 115 Å². The summed E-state index contributed by atoms with van der Waals surface area (Å²) in [6, 6.07) is 2.06. The van der Waals surface area contributed by atoms with Crippen LogP contribution in [0.2, 0.25) is 0 Å². The molecule has 0 unspecified atom stereocenters. The van der Waals surface area contributed by atoms with E-state index in [0.29, 0.717) is 11.5 Å². The van der Waals surface area contributed by atoms with Gasteiger partial charge >= 0.3 is 0 Å². The Balaban J connectivity index is 2.43. The molecule has 3 atom stereocenters. The molecule has 1 aliphatic carbocycles. The molecule has 0 aromatic carbocycles. The Bertz CT molecular complexity index is 470. The molecule has 1 saturated heterocycles. The van der Waals surface area contributed by atoms with Gasteiger partial charge in [0.15, 0.2) is 5.78 Å². The van der Waals surface area contributed by atoms with Crippen molar-refractivity contribution in [1.82, 2.24) is 0 Å². The fourth-order valence-electron chi connectivity index (χ4n) is 3.56. The minimum atomic E-state index is -0.623. The first-order valence-electron chi connectivity index (χ1n) is 7.05. The second kappa shape index (κ2) is 4.45. The molecule has 0 bridgehead atoms. The summed E-state index contributed by atoms with van der Waals surface area (Å²) in [5, 5.41) is 9.16. The number of Topliss-reactive ketones (excluding diaryl/α,β-unsaturated/α-hetero) is 1. The van der Waals surface area contributed by atoms with E-state index in [9.17, 15) is 4.79 Å². The van der Waals surface area contributed by atoms with Crippen LogP contribution in [0.4, 0.5) is 0 Å². The average molecular weight is 261 g/mol. The van der Waals surface area contributed by atoms with Crippen LogP contribution >= 0.6 is 0 Å². The highest BCUT2D eigenvalue weighted by Crippen LogP contribution is 2.51.